The minimum atomic E-state index is -0.297. The van der Waals surface area contributed by atoms with Crippen molar-refractivity contribution in [2.24, 2.45) is 0 Å². The summed E-state index contributed by atoms with van der Waals surface area (Å²) in [6.45, 7) is 1.73. The fourth-order valence-corrected chi connectivity index (χ4v) is 4.27. The van der Waals surface area contributed by atoms with Gasteiger partial charge in [0.25, 0.3) is 0 Å². The Labute approximate surface area is 162 Å². The van der Waals surface area contributed by atoms with Gasteiger partial charge in [-0.15, -0.1) is 0 Å². The normalized spacial score (nSPS) is 15.7. The summed E-state index contributed by atoms with van der Waals surface area (Å²) in [7, 11) is 1.82. The fraction of sp³-hybridized carbons (Fsp3) is 0.273. The molecule has 3 heterocycles. The summed E-state index contributed by atoms with van der Waals surface area (Å²) < 4.78 is 7.65. The molecule has 0 N–H and O–H groups in total. The Hall–Kier alpha value is -3.28. The first-order valence-electron chi connectivity index (χ1n) is 9.48. The molecule has 2 amide bonds. The van der Waals surface area contributed by atoms with Crippen LogP contribution in [0.1, 0.15) is 16.8 Å². The van der Waals surface area contributed by atoms with Crippen molar-refractivity contribution in [3.05, 3.63) is 65.4 Å². The second-order valence-electron chi connectivity index (χ2n) is 7.35. The van der Waals surface area contributed by atoms with E-state index in [0.717, 1.165) is 39.8 Å². The Morgan fingerprint density at radius 3 is 2.71 bits per heavy atom. The van der Waals surface area contributed by atoms with Crippen LogP contribution in [0.2, 0.25) is 0 Å². The average molecular weight is 375 g/mol. The van der Waals surface area contributed by atoms with Gasteiger partial charge < -0.3 is 19.1 Å². The molecule has 0 spiro atoms. The third-order valence-electron chi connectivity index (χ3n) is 5.74. The number of aromatic nitrogens is 1. The topological polar surface area (TPSA) is 54.8 Å². The zero-order chi connectivity index (χ0) is 19.3. The van der Waals surface area contributed by atoms with Crippen LogP contribution in [0.5, 0.6) is 0 Å². The van der Waals surface area contributed by atoms with Crippen LogP contribution in [-0.2, 0) is 35.6 Å². The Bertz CT molecular complexity index is 1090. The van der Waals surface area contributed by atoms with Crippen LogP contribution in [-0.4, -0.2) is 35.1 Å². The van der Waals surface area contributed by atoms with Gasteiger partial charge in [0, 0.05) is 36.7 Å². The second-order valence-corrected chi connectivity index (χ2v) is 7.35. The summed E-state index contributed by atoms with van der Waals surface area (Å²) in [6, 6.07) is 15.7. The van der Waals surface area contributed by atoms with E-state index in [1.54, 1.807) is 9.80 Å². The SMILES string of the molecule is CN1C(=O)Cn2c3c(c4cccc1c42)CN(C(=O)OCc1ccccc1)CC3. The number of para-hydroxylation sites is 1. The van der Waals surface area contributed by atoms with E-state index in [0.29, 0.717) is 19.6 Å². The molecule has 0 fully saturated rings. The molecule has 2 aromatic carbocycles. The van der Waals surface area contributed by atoms with Crippen LogP contribution in [0.25, 0.3) is 10.9 Å². The van der Waals surface area contributed by atoms with Gasteiger partial charge >= 0.3 is 6.09 Å². The van der Waals surface area contributed by atoms with Gasteiger partial charge in [-0.25, -0.2) is 4.79 Å². The first-order valence-corrected chi connectivity index (χ1v) is 9.48. The Morgan fingerprint density at radius 1 is 1.07 bits per heavy atom. The van der Waals surface area contributed by atoms with Crippen molar-refractivity contribution in [2.45, 2.75) is 26.1 Å². The summed E-state index contributed by atoms with van der Waals surface area (Å²) in [5.74, 6) is 0.0862. The first-order chi connectivity index (χ1) is 13.6. The maximum absolute atomic E-state index is 12.6. The molecule has 0 aliphatic carbocycles. The molecule has 5 rings (SSSR count). The highest BCUT2D eigenvalue weighted by atomic mass is 16.6. The maximum Gasteiger partial charge on any atom is 0.410 e. The molecule has 0 bridgehead atoms. The molecule has 3 aromatic rings. The molecule has 0 saturated carbocycles. The zero-order valence-corrected chi connectivity index (χ0v) is 15.7. The summed E-state index contributed by atoms with van der Waals surface area (Å²) >= 11 is 0. The van der Waals surface area contributed by atoms with Crippen LogP contribution >= 0.6 is 0 Å². The van der Waals surface area contributed by atoms with Crippen LogP contribution in [0.4, 0.5) is 10.5 Å². The monoisotopic (exact) mass is 375 g/mol. The van der Waals surface area contributed by atoms with Gasteiger partial charge in [-0.05, 0) is 11.6 Å². The van der Waals surface area contributed by atoms with E-state index in [1.807, 2.05) is 49.5 Å². The van der Waals surface area contributed by atoms with Crippen LogP contribution in [0.3, 0.4) is 0 Å². The molecule has 142 valence electrons. The number of rotatable bonds is 2. The summed E-state index contributed by atoms with van der Waals surface area (Å²) in [4.78, 5) is 28.5. The van der Waals surface area contributed by atoms with E-state index in [2.05, 4.69) is 10.6 Å². The predicted octanol–water partition coefficient (Wildman–Crippen LogP) is 3.31. The van der Waals surface area contributed by atoms with Crippen molar-refractivity contribution >= 4 is 28.6 Å². The molecule has 1 aromatic heterocycles. The lowest BCUT2D eigenvalue weighted by Crippen LogP contribution is -2.38. The molecule has 0 saturated heterocycles. The second kappa shape index (κ2) is 6.41. The number of nitrogens with zero attached hydrogens (tertiary/aromatic N) is 3. The molecule has 6 nitrogen and oxygen atoms in total. The number of benzene rings is 2. The summed E-state index contributed by atoms with van der Waals surface area (Å²) in [6.07, 6.45) is 0.426. The molecule has 28 heavy (non-hydrogen) atoms. The van der Waals surface area contributed by atoms with Crippen LogP contribution in [0.15, 0.2) is 48.5 Å². The highest BCUT2D eigenvalue weighted by Gasteiger charge is 2.32. The molecule has 0 atom stereocenters. The van der Waals surface area contributed by atoms with E-state index in [4.69, 9.17) is 4.74 Å². The number of fused-ring (bicyclic) bond motifs is 3. The lowest BCUT2D eigenvalue weighted by atomic mass is 10.0. The van der Waals surface area contributed by atoms with E-state index < -0.39 is 0 Å². The van der Waals surface area contributed by atoms with E-state index in [1.165, 1.54) is 0 Å². The van der Waals surface area contributed by atoms with Gasteiger partial charge in [-0.1, -0.05) is 42.5 Å². The van der Waals surface area contributed by atoms with Crippen molar-refractivity contribution in [3.8, 4) is 0 Å². The number of anilines is 1. The lowest BCUT2D eigenvalue weighted by Gasteiger charge is -2.29. The van der Waals surface area contributed by atoms with E-state index in [-0.39, 0.29) is 18.6 Å². The highest BCUT2D eigenvalue weighted by molar-refractivity contribution is 6.07. The van der Waals surface area contributed by atoms with Gasteiger partial charge in [0.2, 0.25) is 5.91 Å². The van der Waals surface area contributed by atoms with Gasteiger partial charge in [0.15, 0.2) is 0 Å². The van der Waals surface area contributed by atoms with Crippen molar-refractivity contribution in [1.82, 2.24) is 9.47 Å². The van der Waals surface area contributed by atoms with Gasteiger partial charge in [-0.3, -0.25) is 4.79 Å². The smallest absolute Gasteiger partial charge is 0.410 e. The number of carbonyl (C=O) groups excluding carboxylic acids is 2. The van der Waals surface area contributed by atoms with Crippen LogP contribution < -0.4 is 4.90 Å². The summed E-state index contributed by atoms with van der Waals surface area (Å²) in [5.41, 5.74) is 5.29. The zero-order valence-electron chi connectivity index (χ0n) is 15.7. The third kappa shape index (κ3) is 2.56. The largest absolute Gasteiger partial charge is 0.445 e. The van der Waals surface area contributed by atoms with E-state index >= 15 is 0 Å². The van der Waals surface area contributed by atoms with E-state index in [9.17, 15) is 9.59 Å². The van der Waals surface area contributed by atoms with Gasteiger partial charge in [-0.2, -0.15) is 0 Å². The number of ether oxygens (including phenoxy) is 1. The lowest BCUT2D eigenvalue weighted by molar-refractivity contribution is -0.119. The van der Waals surface area contributed by atoms with Crippen molar-refractivity contribution < 1.29 is 14.3 Å². The first kappa shape index (κ1) is 16.9. The van der Waals surface area contributed by atoms with Gasteiger partial charge in [0.05, 0.1) is 17.7 Å². The quantitative estimate of drug-likeness (QED) is 0.691. The number of hydrogen-bond donors (Lipinski definition) is 0. The predicted molar refractivity (Wildman–Crippen MR) is 106 cm³/mol. The maximum atomic E-state index is 12.6. The summed E-state index contributed by atoms with van der Waals surface area (Å²) in [5, 5.41) is 1.12. The third-order valence-corrected chi connectivity index (χ3v) is 5.74. The molecule has 0 unspecified atom stereocenters. The van der Waals surface area contributed by atoms with Gasteiger partial charge in [0.1, 0.15) is 13.2 Å². The van der Waals surface area contributed by atoms with Crippen molar-refractivity contribution in [3.63, 3.8) is 0 Å². The molecule has 0 radical (unpaired) electrons. The number of carbonyl (C=O) groups is 2. The number of amides is 2. The molecular weight excluding hydrogens is 354 g/mol. The standard InChI is InChI=1S/C22H21N3O3/c1-23-19-9-5-8-16-17-12-24(22(27)28-14-15-6-3-2-4-7-15)11-10-18(17)25(21(16)19)13-20(23)26/h2-9H,10-14H2,1H3. The number of likely N-dealkylation sites (N-methyl/N-ethyl adjacent to an activating group) is 1. The minimum Gasteiger partial charge on any atom is -0.445 e. The molecule has 2 aliphatic heterocycles. The van der Waals surface area contributed by atoms with Crippen molar-refractivity contribution in [1.29, 1.82) is 0 Å². The average Bonchev–Trinajstić information content (AvgIpc) is 3.05. The Morgan fingerprint density at radius 2 is 1.89 bits per heavy atom. The fourth-order valence-electron chi connectivity index (χ4n) is 4.27. The Balaban J connectivity index is 1.43. The molecular formula is C22H21N3O3. The molecule has 2 aliphatic rings. The number of hydrogen-bond acceptors (Lipinski definition) is 3. The highest BCUT2D eigenvalue weighted by Crippen LogP contribution is 2.38. The Kier molecular flexibility index (Phi) is 3.86. The molecule has 6 heteroatoms. The minimum absolute atomic E-state index is 0.0862. The van der Waals surface area contributed by atoms with Crippen LogP contribution in [0, 0.1) is 0 Å². The van der Waals surface area contributed by atoms with Crippen molar-refractivity contribution in [2.75, 3.05) is 18.5 Å².